The molecule has 1 aliphatic rings. The van der Waals surface area contributed by atoms with Gasteiger partial charge in [-0.2, -0.15) is 0 Å². The average Bonchev–Trinajstić information content (AvgIpc) is 3.06. The fourth-order valence-electron chi connectivity index (χ4n) is 2.99. The van der Waals surface area contributed by atoms with Gasteiger partial charge in [0.2, 0.25) is 0 Å². The Hall–Kier alpha value is -2.23. The summed E-state index contributed by atoms with van der Waals surface area (Å²) in [5.74, 6) is 0.533. The fraction of sp³-hybridized carbons (Fsp3) is 0.353. The minimum Gasteiger partial charge on any atom is -0.468 e. The summed E-state index contributed by atoms with van der Waals surface area (Å²) >= 11 is 0. The van der Waals surface area contributed by atoms with Gasteiger partial charge in [0.1, 0.15) is 11.4 Å². The van der Waals surface area contributed by atoms with Crippen molar-refractivity contribution in [2.75, 3.05) is 7.11 Å². The van der Waals surface area contributed by atoms with E-state index in [9.17, 15) is 4.79 Å². The molecule has 1 aliphatic heterocycles. The topological polar surface area (TPSA) is 48.7 Å². The Labute approximate surface area is 123 Å². The van der Waals surface area contributed by atoms with E-state index < -0.39 is 5.60 Å². The van der Waals surface area contributed by atoms with Crippen LogP contribution in [-0.2, 0) is 10.3 Å². The molecular formula is C17H18O4. The molecule has 0 amide bonds. The molecule has 4 heteroatoms. The van der Waals surface area contributed by atoms with E-state index in [0.717, 1.165) is 11.1 Å². The van der Waals surface area contributed by atoms with Gasteiger partial charge in [0.25, 0.3) is 5.95 Å². The molecule has 2 heterocycles. The molecule has 3 rings (SSSR count). The van der Waals surface area contributed by atoms with Gasteiger partial charge in [0, 0.05) is 5.56 Å². The van der Waals surface area contributed by atoms with E-state index in [4.69, 9.17) is 13.9 Å². The van der Waals surface area contributed by atoms with Crippen LogP contribution in [0.4, 0.5) is 0 Å². The Morgan fingerprint density at radius 1 is 1.14 bits per heavy atom. The van der Waals surface area contributed by atoms with E-state index in [-0.39, 0.29) is 11.9 Å². The minimum atomic E-state index is -0.627. The second-order valence-corrected chi connectivity index (χ2v) is 5.13. The maximum Gasteiger partial charge on any atom is 0.346 e. The second kappa shape index (κ2) is 4.95. The van der Waals surface area contributed by atoms with Crippen molar-refractivity contribution in [3.05, 3.63) is 41.5 Å². The van der Waals surface area contributed by atoms with Crippen LogP contribution in [-0.4, -0.2) is 13.1 Å². The monoisotopic (exact) mass is 286 g/mol. The third-order valence-electron chi connectivity index (χ3n) is 4.19. The van der Waals surface area contributed by atoms with Crippen molar-refractivity contribution in [3.8, 4) is 17.3 Å². The van der Waals surface area contributed by atoms with Gasteiger partial charge >= 0.3 is 5.97 Å². The Kier molecular flexibility index (Phi) is 3.24. The summed E-state index contributed by atoms with van der Waals surface area (Å²) in [7, 11) is 1.50. The maximum atomic E-state index is 12.3. The van der Waals surface area contributed by atoms with Gasteiger partial charge in [0.05, 0.1) is 12.7 Å². The average molecular weight is 286 g/mol. The molecule has 0 N–H and O–H groups in total. The van der Waals surface area contributed by atoms with Gasteiger partial charge < -0.3 is 13.9 Å². The van der Waals surface area contributed by atoms with Crippen LogP contribution in [0.1, 0.15) is 42.6 Å². The van der Waals surface area contributed by atoms with Crippen LogP contribution in [0.15, 0.2) is 34.7 Å². The van der Waals surface area contributed by atoms with Crippen LogP contribution in [0.3, 0.4) is 0 Å². The van der Waals surface area contributed by atoms with Crippen molar-refractivity contribution in [1.82, 2.24) is 0 Å². The van der Waals surface area contributed by atoms with Crippen LogP contribution < -0.4 is 4.74 Å². The Bertz CT molecular complexity index is 666. The number of carbonyl (C=O) groups excluding carboxylic acids is 1. The second-order valence-electron chi connectivity index (χ2n) is 5.13. The number of hydrogen-bond donors (Lipinski definition) is 0. The first-order chi connectivity index (χ1) is 10.2. The molecule has 0 atom stereocenters. The largest absolute Gasteiger partial charge is 0.468 e. The SMILES string of the molecule is CCC1(CC)OC(=O)c2c(OC)oc(-c3ccccc3)c21. The molecule has 0 bridgehead atoms. The zero-order valence-electron chi connectivity index (χ0n) is 12.4. The van der Waals surface area contributed by atoms with Gasteiger partial charge in [-0.1, -0.05) is 44.2 Å². The molecule has 1 aromatic heterocycles. The Morgan fingerprint density at radius 2 is 1.81 bits per heavy atom. The number of carbonyl (C=O) groups is 1. The highest BCUT2D eigenvalue weighted by Gasteiger charge is 2.49. The molecule has 0 saturated heterocycles. The van der Waals surface area contributed by atoms with E-state index in [2.05, 4.69) is 0 Å². The summed E-state index contributed by atoms with van der Waals surface area (Å²) in [6.07, 6.45) is 1.40. The Morgan fingerprint density at radius 3 is 2.38 bits per heavy atom. The van der Waals surface area contributed by atoms with Gasteiger partial charge in [-0.3, -0.25) is 0 Å². The van der Waals surface area contributed by atoms with E-state index in [1.165, 1.54) is 7.11 Å². The summed E-state index contributed by atoms with van der Waals surface area (Å²) in [5.41, 5.74) is 1.54. The van der Waals surface area contributed by atoms with Crippen LogP contribution in [0.5, 0.6) is 5.95 Å². The number of ether oxygens (including phenoxy) is 2. The lowest BCUT2D eigenvalue weighted by molar-refractivity contribution is -0.0135. The summed E-state index contributed by atoms with van der Waals surface area (Å²) in [5, 5.41) is 0. The predicted octanol–water partition coefficient (Wildman–Crippen LogP) is 4.14. The van der Waals surface area contributed by atoms with Crippen molar-refractivity contribution in [3.63, 3.8) is 0 Å². The number of methoxy groups -OCH3 is 1. The molecule has 110 valence electrons. The zero-order chi connectivity index (χ0) is 15.0. The van der Waals surface area contributed by atoms with Crippen molar-refractivity contribution in [1.29, 1.82) is 0 Å². The van der Waals surface area contributed by atoms with E-state index in [1.54, 1.807) is 0 Å². The molecule has 2 aromatic rings. The molecule has 0 radical (unpaired) electrons. The highest BCUT2D eigenvalue weighted by atomic mass is 16.6. The van der Waals surface area contributed by atoms with Crippen LogP contribution in [0.2, 0.25) is 0 Å². The van der Waals surface area contributed by atoms with Gasteiger partial charge in [-0.05, 0) is 12.8 Å². The summed E-state index contributed by atoms with van der Waals surface area (Å²) in [6.45, 7) is 4.03. The smallest absolute Gasteiger partial charge is 0.346 e. The lowest BCUT2D eigenvalue weighted by Gasteiger charge is -2.26. The maximum absolute atomic E-state index is 12.3. The molecule has 0 saturated carbocycles. The van der Waals surface area contributed by atoms with Crippen LogP contribution >= 0.6 is 0 Å². The number of fused-ring (bicyclic) bond motifs is 1. The molecule has 0 aliphatic carbocycles. The van der Waals surface area contributed by atoms with E-state index >= 15 is 0 Å². The number of rotatable bonds is 4. The lowest BCUT2D eigenvalue weighted by atomic mass is 9.86. The summed E-state index contributed by atoms with van der Waals surface area (Å²) < 4.78 is 16.8. The number of esters is 1. The van der Waals surface area contributed by atoms with Crippen molar-refractivity contribution < 1.29 is 18.7 Å². The number of hydrogen-bond acceptors (Lipinski definition) is 4. The molecule has 0 fully saturated rings. The minimum absolute atomic E-state index is 0.234. The van der Waals surface area contributed by atoms with E-state index in [1.807, 2.05) is 44.2 Å². The first kappa shape index (κ1) is 13.7. The first-order valence-electron chi connectivity index (χ1n) is 7.16. The van der Waals surface area contributed by atoms with Crippen molar-refractivity contribution >= 4 is 5.97 Å². The quantitative estimate of drug-likeness (QED) is 0.792. The van der Waals surface area contributed by atoms with Crippen LogP contribution in [0, 0.1) is 0 Å². The molecule has 0 unspecified atom stereocenters. The molecule has 0 spiro atoms. The molecule has 21 heavy (non-hydrogen) atoms. The Balaban J connectivity index is 2.29. The van der Waals surface area contributed by atoms with Crippen LogP contribution in [0.25, 0.3) is 11.3 Å². The third-order valence-corrected chi connectivity index (χ3v) is 4.19. The third kappa shape index (κ3) is 1.86. The molecule has 4 nitrogen and oxygen atoms in total. The highest BCUT2D eigenvalue weighted by molar-refractivity contribution is 5.99. The summed E-state index contributed by atoms with van der Waals surface area (Å²) in [6, 6.07) is 9.73. The van der Waals surface area contributed by atoms with Gasteiger partial charge in [-0.15, -0.1) is 0 Å². The first-order valence-corrected chi connectivity index (χ1v) is 7.16. The number of furan rings is 1. The standard InChI is InChI=1S/C17H18O4/c1-4-17(5-2)13-12(15(18)21-17)16(19-3)20-14(13)11-9-7-6-8-10-11/h6-10H,4-5H2,1-3H3. The molecule has 1 aromatic carbocycles. The van der Waals surface area contributed by atoms with Crippen molar-refractivity contribution in [2.45, 2.75) is 32.3 Å². The van der Waals surface area contributed by atoms with Gasteiger partial charge in [-0.25, -0.2) is 4.79 Å². The fourth-order valence-corrected chi connectivity index (χ4v) is 2.99. The number of benzene rings is 1. The normalized spacial score (nSPS) is 15.7. The highest BCUT2D eigenvalue weighted by Crippen LogP contribution is 2.51. The number of cyclic esters (lactones) is 1. The van der Waals surface area contributed by atoms with Gasteiger partial charge in [0.15, 0.2) is 5.56 Å². The predicted molar refractivity (Wildman–Crippen MR) is 78.4 cm³/mol. The lowest BCUT2D eigenvalue weighted by Crippen LogP contribution is -2.24. The van der Waals surface area contributed by atoms with Crippen molar-refractivity contribution in [2.24, 2.45) is 0 Å². The zero-order valence-corrected chi connectivity index (χ0v) is 12.4. The molecular weight excluding hydrogens is 268 g/mol. The summed E-state index contributed by atoms with van der Waals surface area (Å²) in [4.78, 5) is 12.3. The van der Waals surface area contributed by atoms with E-state index in [0.29, 0.717) is 24.2 Å².